The number of benzene rings is 2. The molecule has 0 unspecified atom stereocenters. The van der Waals surface area contributed by atoms with E-state index in [9.17, 15) is 14.0 Å². The Morgan fingerprint density at radius 3 is 2.60 bits per heavy atom. The fourth-order valence-corrected chi connectivity index (χ4v) is 3.12. The summed E-state index contributed by atoms with van der Waals surface area (Å²) in [4.78, 5) is 23.8. The predicted octanol–water partition coefficient (Wildman–Crippen LogP) is 4.12. The van der Waals surface area contributed by atoms with E-state index in [0.29, 0.717) is 29.7 Å². The van der Waals surface area contributed by atoms with Crippen molar-refractivity contribution >= 4 is 28.6 Å². The van der Waals surface area contributed by atoms with Crippen LogP contribution in [0.25, 0.3) is 22.6 Å². The van der Waals surface area contributed by atoms with Crippen molar-refractivity contribution in [2.24, 2.45) is 0 Å². The maximum absolute atomic E-state index is 13.0. The van der Waals surface area contributed by atoms with Crippen LogP contribution in [-0.2, 0) is 6.42 Å². The van der Waals surface area contributed by atoms with E-state index in [1.165, 1.54) is 30.3 Å². The van der Waals surface area contributed by atoms with Crippen LogP contribution in [-0.4, -0.2) is 11.1 Å². The first-order chi connectivity index (χ1) is 12.0. The molecule has 0 aliphatic heterocycles. The number of rotatable bonds is 2. The topological polar surface area (TPSA) is 67.5 Å². The summed E-state index contributed by atoms with van der Waals surface area (Å²) < 4.78 is 18.9. The third-order valence-corrected chi connectivity index (χ3v) is 4.38. The third kappa shape index (κ3) is 2.63. The van der Waals surface area contributed by atoms with Crippen molar-refractivity contribution in [2.75, 3.05) is 0 Å². The van der Waals surface area contributed by atoms with Gasteiger partial charge < -0.3 is 9.52 Å². The molecule has 0 bridgehead atoms. The van der Waals surface area contributed by atoms with E-state index >= 15 is 0 Å². The van der Waals surface area contributed by atoms with Crippen molar-refractivity contribution in [3.8, 4) is 0 Å². The zero-order chi connectivity index (χ0) is 17.6. The number of hydrogen-bond acceptors (Lipinski definition) is 3. The van der Waals surface area contributed by atoms with Crippen LogP contribution in [0.15, 0.2) is 51.7 Å². The molecule has 0 spiro atoms. The quantitative estimate of drug-likeness (QED) is 0.764. The molecule has 1 aromatic heterocycles. The number of aromatic carboxylic acids is 1. The fourth-order valence-electron chi connectivity index (χ4n) is 3.12. The van der Waals surface area contributed by atoms with Crippen LogP contribution in [0.3, 0.4) is 0 Å². The van der Waals surface area contributed by atoms with Crippen LogP contribution in [0.5, 0.6) is 0 Å². The Kier molecular flexibility index (Phi) is 3.50. The molecule has 4 rings (SSSR count). The number of carboxylic acids is 1. The Morgan fingerprint density at radius 2 is 1.88 bits per heavy atom. The molecule has 0 radical (unpaired) electrons. The maximum Gasteiger partial charge on any atom is 0.335 e. The molecule has 25 heavy (non-hydrogen) atoms. The molecule has 0 saturated heterocycles. The van der Waals surface area contributed by atoms with Crippen LogP contribution in [0.4, 0.5) is 4.39 Å². The van der Waals surface area contributed by atoms with Crippen molar-refractivity contribution in [3.05, 3.63) is 81.0 Å². The normalized spacial score (nSPS) is 14.8. The molecule has 3 aromatic rings. The van der Waals surface area contributed by atoms with Crippen LogP contribution < -0.4 is 5.43 Å². The smallest absolute Gasteiger partial charge is 0.335 e. The second-order valence-electron chi connectivity index (χ2n) is 5.98. The summed E-state index contributed by atoms with van der Waals surface area (Å²) in [6.45, 7) is 0. The highest BCUT2D eigenvalue weighted by atomic mass is 19.1. The molecule has 0 fully saturated rings. The monoisotopic (exact) mass is 336 g/mol. The molecule has 0 atom stereocenters. The van der Waals surface area contributed by atoms with Gasteiger partial charge in [-0.1, -0.05) is 12.1 Å². The summed E-state index contributed by atoms with van der Waals surface area (Å²) >= 11 is 0. The minimum absolute atomic E-state index is 0.0554. The van der Waals surface area contributed by atoms with Gasteiger partial charge in [0.05, 0.1) is 10.9 Å². The van der Waals surface area contributed by atoms with E-state index in [2.05, 4.69) is 0 Å². The molecule has 4 nitrogen and oxygen atoms in total. The van der Waals surface area contributed by atoms with Crippen molar-refractivity contribution < 1.29 is 18.7 Å². The molecular formula is C20H13FO4. The van der Waals surface area contributed by atoms with E-state index < -0.39 is 5.97 Å². The first-order valence-electron chi connectivity index (χ1n) is 7.82. The minimum Gasteiger partial charge on any atom is -0.478 e. The summed E-state index contributed by atoms with van der Waals surface area (Å²) in [6.07, 6.45) is 3.07. The number of carbonyl (C=O) groups is 1. The zero-order valence-corrected chi connectivity index (χ0v) is 13.1. The standard InChI is InChI=1S/C20H13FO4/c21-14-5-1-11(2-6-14)9-12-3-7-15-18(22)16-10-13(20(23)24)4-8-17(16)25-19(12)15/h1-2,4-6,8-10H,3,7H2,(H,23,24)/b12-9+. The maximum atomic E-state index is 13.0. The van der Waals surface area contributed by atoms with Gasteiger partial charge in [0.1, 0.15) is 17.2 Å². The van der Waals surface area contributed by atoms with E-state index in [0.717, 1.165) is 11.1 Å². The van der Waals surface area contributed by atoms with Gasteiger partial charge in [-0.25, -0.2) is 9.18 Å². The number of allylic oxidation sites excluding steroid dienone is 1. The Bertz CT molecular complexity index is 1090. The molecule has 0 saturated carbocycles. The van der Waals surface area contributed by atoms with E-state index in [4.69, 9.17) is 9.52 Å². The summed E-state index contributed by atoms with van der Waals surface area (Å²) in [5.74, 6) is -0.857. The average molecular weight is 336 g/mol. The summed E-state index contributed by atoms with van der Waals surface area (Å²) in [6, 6.07) is 10.4. The van der Waals surface area contributed by atoms with Gasteiger partial charge in [-0.2, -0.15) is 0 Å². The van der Waals surface area contributed by atoms with Gasteiger partial charge in [-0.15, -0.1) is 0 Å². The van der Waals surface area contributed by atoms with Crippen LogP contribution in [0.1, 0.15) is 33.7 Å². The van der Waals surface area contributed by atoms with Gasteiger partial charge >= 0.3 is 5.97 Å². The van der Waals surface area contributed by atoms with Crippen LogP contribution >= 0.6 is 0 Å². The molecule has 5 heteroatoms. The molecule has 1 heterocycles. The average Bonchev–Trinajstić information content (AvgIpc) is 3.00. The number of halogens is 1. The zero-order valence-electron chi connectivity index (χ0n) is 13.1. The highest BCUT2D eigenvalue weighted by molar-refractivity contribution is 5.94. The van der Waals surface area contributed by atoms with E-state index in [-0.39, 0.29) is 22.2 Å². The number of carboxylic acid groups (broad SMARTS) is 1. The second kappa shape index (κ2) is 5.70. The van der Waals surface area contributed by atoms with Crippen molar-refractivity contribution in [3.63, 3.8) is 0 Å². The lowest BCUT2D eigenvalue weighted by atomic mass is 10.1. The predicted molar refractivity (Wildman–Crippen MR) is 92.0 cm³/mol. The third-order valence-electron chi connectivity index (χ3n) is 4.38. The lowest BCUT2D eigenvalue weighted by molar-refractivity contribution is 0.0697. The van der Waals surface area contributed by atoms with Gasteiger partial charge in [-0.05, 0) is 60.4 Å². The molecule has 2 aromatic carbocycles. The van der Waals surface area contributed by atoms with Gasteiger partial charge in [0.2, 0.25) is 0 Å². The lowest BCUT2D eigenvalue weighted by Crippen LogP contribution is -2.09. The van der Waals surface area contributed by atoms with Crippen LogP contribution in [0.2, 0.25) is 0 Å². The minimum atomic E-state index is -1.08. The van der Waals surface area contributed by atoms with Crippen molar-refractivity contribution in [1.82, 2.24) is 0 Å². The molecule has 124 valence electrons. The van der Waals surface area contributed by atoms with Crippen LogP contribution in [0, 0.1) is 5.82 Å². The molecular weight excluding hydrogens is 323 g/mol. The Hall–Kier alpha value is -3.21. The lowest BCUT2D eigenvalue weighted by Gasteiger charge is -2.05. The number of fused-ring (bicyclic) bond motifs is 2. The van der Waals surface area contributed by atoms with E-state index in [1.807, 2.05) is 6.08 Å². The SMILES string of the molecule is O=C(O)c1ccc2oc3c(c(=O)c2c1)CC/C3=C\c1ccc(F)cc1. The summed E-state index contributed by atoms with van der Waals surface area (Å²) in [5.41, 5.74) is 2.49. The van der Waals surface area contributed by atoms with Gasteiger partial charge in [0.25, 0.3) is 0 Å². The Balaban J connectivity index is 1.87. The first kappa shape index (κ1) is 15.3. The fraction of sp³-hybridized carbons (Fsp3) is 0.100. The summed E-state index contributed by atoms with van der Waals surface area (Å²) in [5, 5.41) is 9.37. The number of hydrogen-bond donors (Lipinski definition) is 1. The molecule has 1 N–H and O–H groups in total. The van der Waals surface area contributed by atoms with E-state index in [1.54, 1.807) is 12.1 Å². The summed E-state index contributed by atoms with van der Waals surface area (Å²) in [7, 11) is 0. The highest BCUT2D eigenvalue weighted by Crippen LogP contribution is 2.34. The highest BCUT2D eigenvalue weighted by Gasteiger charge is 2.24. The largest absolute Gasteiger partial charge is 0.478 e. The van der Waals surface area contributed by atoms with Gasteiger partial charge in [-0.3, -0.25) is 4.79 Å². The Morgan fingerprint density at radius 1 is 1.12 bits per heavy atom. The second-order valence-corrected chi connectivity index (χ2v) is 5.98. The van der Waals surface area contributed by atoms with Crippen molar-refractivity contribution in [1.29, 1.82) is 0 Å². The van der Waals surface area contributed by atoms with Crippen molar-refractivity contribution in [2.45, 2.75) is 12.8 Å². The Labute approximate surface area is 141 Å². The van der Waals surface area contributed by atoms with Gasteiger partial charge in [0.15, 0.2) is 5.43 Å². The molecule has 0 amide bonds. The van der Waals surface area contributed by atoms with Gasteiger partial charge in [0, 0.05) is 5.56 Å². The molecule has 1 aliphatic rings. The molecule has 1 aliphatic carbocycles. The first-order valence-corrected chi connectivity index (χ1v) is 7.82.